The minimum Gasteiger partial charge on any atom is -0.490 e. The highest BCUT2D eigenvalue weighted by Crippen LogP contribution is 2.32. The number of carbonyl (C=O) groups excluding carboxylic acids is 2. The number of aromatic nitrogens is 2. The van der Waals surface area contributed by atoms with Gasteiger partial charge in [0.15, 0.2) is 23.8 Å². The van der Waals surface area contributed by atoms with Crippen LogP contribution in [0.1, 0.15) is 30.8 Å². The number of ether oxygens (including phenoxy) is 3. The Morgan fingerprint density at radius 2 is 1.82 bits per heavy atom. The quantitative estimate of drug-likeness (QED) is 0.574. The minimum absolute atomic E-state index is 0.00534. The van der Waals surface area contributed by atoms with Crippen LogP contribution in [-0.4, -0.2) is 41.5 Å². The van der Waals surface area contributed by atoms with Crippen molar-refractivity contribution in [3.05, 3.63) is 58.5 Å². The van der Waals surface area contributed by atoms with E-state index in [1.807, 2.05) is 13.8 Å². The van der Waals surface area contributed by atoms with Crippen molar-refractivity contribution < 1.29 is 23.8 Å². The summed E-state index contributed by atoms with van der Waals surface area (Å²) in [4.78, 5) is 37.9. The Morgan fingerprint density at radius 1 is 1.09 bits per heavy atom. The first-order valence-corrected chi connectivity index (χ1v) is 10.8. The topological polar surface area (TPSA) is 109 Å². The average Bonchev–Trinajstić information content (AvgIpc) is 3.04. The van der Waals surface area contributed by atoms with Crippen LogP contribution in [0.4, 0.5) is 5.69 Å². The third-order valence-corrected chi connectivity index (χ3v) is 4.96. The van der Waals surface area contributed by atoms with Crippen molar-refractivity contribution >= 4 is 28.3 Å². The maximum Gasteiger partial charge on any atom is 0.359 e. The van der Waals surface area contributed by atoms with Crippen molar-refractivity contribution in [3.8, 4) is 11.5 Å². The van der Waals surface area contributed by atoms with Crippen molar-refractivity contribution in [1.82, 2.24) is 9.78 Å². The van der Waals surface area contributed by atoms with Crippen LogP contribution < -0.4 is 20.3 Å². The first-order chi connectivity index (χ1) is 15.9. The van der Waals surface area contributed by atoms with Crippen molar-refractivity contribution in [2.24, 2.45) is 5.92 Å². The number of anilines is 1. The second kappa shape index (κ2) is 9.72. The zero-order valence-corrected chi connectivity index (χ0v) is 18.5. The van der Waals surface area contributed by atoms with E-state index in [0.717, 1.165) is 6.42 Å². The van der Waals surface area contributed by atoms with E-state index < -0.39 is 18.5 Å². The number of hydrogen-bond donors (Lipinski definition) is 1. The number of esters is 1. The highest BCUT2D eigenvalue weighted by Gasteiger charge is 2.20. The lowest BCUT2D eigenvalue weighted by Gasteiger charge is -2.13. The van der Waals surface area contributed by atoms with Gasteiger partial charge in [-0.3, -0.25) is 9.59 Å². The number of fused-ring (bicyclic) bond motifs is 2. The van der Waals surface area contributed by atoms with Gasteiger partial charge in [0.2, 0.25) is 0 Å². The van der Waals surface area contributed by atoms with E-state index >= 15 is 0 Å². The van der Waals surface area contributed by atoms with Gasteiger partial charge in [-0.05, 0) is 24.1 Å². The van der Waals surface area contributed by atoms with Crippen LogP contribution in [-0.2, 0) is 16.1 Å². The standard InChI is InChI=1S/C24H25N3O6/c1-15(2)13-27-23(29)18-7-4-3-6-17(18)22(26-27)24(30)33-14-21(28)25-16-8-9-19-20(12-16)32-11-5-10-31-19/h3-4,6-9,12,15H,5,10-11,13-14H2,1-2H3,(H,25,28). The predicted molar refractivity (Wildman–Crippen MR) is 122 cm³/mol. The normalized spacial score (nSPS) is 12.9. The SMILES string of the molecule is CC(C)Cn1nc(C(=O)OCC(=O)Nc2ccc3c(c2)OCCCO3)c2ccccc2c1=O. The molecule has 1 aliphatic rings. The van der Waals surface area contributed by atoms with Gasteiger partial charge < -0.3 is 19.5 Å². The molecule has 1 amide bonds. The maximum absolute atomic E-state index is 12.8. The summed E-state index contributed by atoms with van der Waals surface area (Å²) >= 11 is 0. The van der Waals surface area contributed by atoms with Crippen LogP contribution in [0.2, 0.25) is 0 Å². The van der Waals surface area contributed by atoms with Crippen molar-refractivity contribution in [3.63, 3.8) is 0 Å². The number of carbonyl (C=O) groups is 2. The molecule has 0 bridgehead atoms. The van der Waals surface area contributed by atoms with E-state index in [1.54, 1.807) is 42.5 Å². The summed E-state index contributed by atoms with van der Waals surface area (Å²) in [6.45, 7) is 4.85. The molecule has 0 radical (unpaired) electrons. The number of hydrogen-bond acceptors (Lipinski definition) is 7. The van der Waals surface area contributed by atoms with Crippen LogP contribution in [0.15, 0.2) is 47.3 Å². The molecule has 1 aromatic heterocycles. The van der Waals surface area contributed by atoms with Crippen LogP contribution in [0.25, 0.3) is 10.8 Å². The van der Waals surface area contributed by atoms with E-state index in [1.165, 1.54) is 4.68 Å². The van der Waals surface area contributed by atoms with Gasteiger partial charge in [0.25, 0.3) is 11.5 Å². The number of benzene rings is 2. The van der Waals surface area contributed by atoms with E-state index in [9.17, 15) is 14.4 Å². The molecule has 0 saturated heterocycles. The highest BCUT2D eigenvalue weighted by molar-refractivity contribution is 6.03. The molecule has 0 saturated carbocycles. The Morgan fingerprint density at radius 3 is 2.58 bits per heavy atom. The van der Waals surface area contributed by atoms with Gasteiger partial charge in [0.1, 0.15) is 0 Å². The fraction of sp³-hybridized carbons (Fsp3) is 0.333. The summed E-state index contributed by atoms with van der Waals surface area (Å²) in [6, 6.07) is 11.8. The van der Waals surface area contributed by atoms with Gasteiger partial charge in [-0.1, -0.05) is 32.0 Å². The van der Waals surface area contributed by atoms with Crippen LogP contribution in [0.3, 0.4) is 0 Å². The second-order valence-electron chi connectivity index (χ2n) is 8.11. The largest absolute Gasteiger partial charge is 0.490 e. The van der Waals surface area contributed by atoms with Crippen LogP contribution in [0.5, 0.6) is 11.5 Å². The Labute approximate surface area is 190 Å². The number of nitrogens with one attached hydrogen (secondary N) is 1. The molecular weight excluding hydrogens is 426 g/mol. The number of amides is 1. The van der Waals surface area contributed by atoms with Crippen molar-refractivity contribution in [2.75, 3.05) is 25.1 Å². The lowest BCUT2D eigenvalue weighted by Crippen LogP contribution is -2.29. The van der Waals surface area contributed by atoms with E-state index in [2.05, 4.69) is 10.4 Å². The van der Waals surface area contributed by atoms with Crippen molar-refractivity contribution in [2.45, 2.75) is 26.8 Å². The molecular formula is C24H25N3O6. The average molecular weight is 451 g/mol. The van der Waals surface area contributed by atoms with E-state index in [-0.39, 0.29) is 17.2 Å². The highest BCUT2D eigenvalue weighted by atomic mass is 16.5. The van der Waals surface area contributed by atoms with Crippen LogP contribution >= 0.6 is 0 Å². The Balaban J connectivity index is 1.47. The molecule has 4 rings (SSSR count). The summed E-state index contributed by atoms with van der Waals surface area (Å²) in [7, 11) is 0. The molecule has 33 heavy (non-hydrogen) atoms. The molecule has 2 aromatic carbocycles. The third-order valence-electron chi connectivity index (χ3n) is 4.96. The first-order valence-electron chi connectivity index (χ1n) is 10.8. The van der Waals surface area contributed by atoms with Gasteiger partial charge in [-0.25, -0.2) is 9.48 Å². The number of nitrogens with zero attached hydrogens (tertiary/aromatic N) is 2. The Hall–Kier alpha value is -3.88. The smallest absolute Gasteiger partial charge is 0.359 e. The first kappa shape index (κ1) is 22.3. The molecule has 3 aromatic rings. The lowest BCUT2D eigenvalue weighted by molar-refractivity contribution is -0.119. The van der Waals surface area contributed by atoms with Gasteiger partial charge in [0.05, 0.1) is 18.6 Å². The maximum atomic E-state index is 12.8. The minimum atomic E-state index is -0.780. The summed E-state index contributed by atoms with van der Waals surface area (Å²) < 4.78 is 17.7. The summed E-state index contributed by atoms with van der Waals surface area (Å²) in [5, 5.41) is 7.66. The molecule has 0 atom stereocenters. The molecule has 2 heterocycles. The lowest BCUT2D eigenvalue weighted by atomic mass is 10.1. The fourth-order valence-corrected chi connectivity index (χ4v) is 3.49. The predicted octanol–water partition coefficient (Wildman–Crippen LogP) is 3.01. The molecule has 1 aliphatic heterocycles. The monoisotopic (exact) mass is 451 g/mol. The van der Waals surface area contributed by atoms with Gasteiger partial charge >= 0.3 is 5.97 Å². The summed E-state index contributed by atoms with van der Waals surface area (Å²) in [5.74, 6) is 0.0215. The van der Waals surface area contributed by atoms with Gasteiger partial charge in [-0.15, -0.1) is 0 Å². The fourth-order valence-electron chi connectivity index (χ4n) is 3.49. The molecule has 9 heteroatoms. The van der Waals surface area contributed by atoms with Crippen molar-refractivity contribution in [1.29, 1.82) is 0 Å². The Bertz CT molecular complexity index is 1250. The molecule has 0 spiro atoms. The Kier molecular flexibility index (Phi) is 6.58. The van der Waals surface area contributed by atoms with Crippen LogP contribution in [0, 0.1) is 5.92 Å². The molecule has 0 unspecified atom stereocenters. The van der Waals surface area contributed by atoms with Gasteiger partial charge in [0, 0.05) is 30.1 Å². The third kappa shape index (κ3) is 5.14. The molecule has 0 fully saturated rings. The second-order valence-corrected chi connectivity index (χ2v) is 8.11. The molecule has 1 N–H and O–H groups in total. The van der Waals surface area contributed by atoms with E-state index in [0.29, 0.717) is 47.7 Å². The van der Waals surface area contributed by atoms with E-state index in [4.69, 9.17) is 14.2 Å². The zero-order chi connectivity index (χ0) is 23.4. The summed E-state index contributed by atoms with van der Waals surface area (Å²) in [5.41, 5.74) is 0.214. The summed E-state index contributed by atoms with van der Waals surface area (Å²) in [6.07, 6.45) is 0.777. The molecule has 0 aliphatic carbocycles. The number of rotatable bonds is 6. The molecule has 172 valence electrons. The molecule has 9 nitrogen and oxygen atoms in total. The van der Waals surface area contributed by atoms with Gasteiger partial charge in [-0.2, -0.15) is 5.10 Å². The zero-order valence-electron chi connectivity index (χ0n) is 18.5.